The van der Waals surface area contributed by atoms with Crippen LogP contribution in [0.3, 0.4) is 0 Å². The van der Waals surface area contributed by atoms with Crippen molar-refractivity contribution in [3.63, 3.8) is 0 Å². The van der Waals surface area contributed by atoms with Gasteiger partial charge in [0.05, 0.1) is 0 Å². The maximum atomic E-state index is 12.0. The van der Waals surface area contributed by atoms with Gasteiger partial charge >= 0.3 is 0 Å². The van der Waals surface area contributed by atoms with Gasteiger partial charge in [0.1, 0.15) is 0 Å². The zero-order chi connectivity index (χ0) is 18.9. The number of rotatable bonds is 7. The second-order valence-corrected chi connectivity index (χ2v) is 8.05. The monoisotopic (exact) mass is 413 g/mol. The average molecular weight is 414 g/mol. The molecular formula is C20H16ClN3OS2. The normalized spacial score (nSPS) is 11.3. The molecule has 3 aromatic rings. The van der Waals surface area contributed by atoms with E-state index in [0.717, 1.165) is 21.2 Å². The second-order valence-electron chi connectivity index (χ2n) is 5.37. The fraction of sp³-hybridized carbons (Fsp3) is 0.0500. The molecule has 1 N–H and O–H groups in total. The Hall–Kier alpha value is -2.41. The van der Waals surface area contributed by atoms with E-state index in [4.69, 9.17) is 11.6 Å². The van der Waals surface area contributed by atoms with Crippen LogP contribution >= 0.6 is 34.7 Å². The molecule has 0 fully saturated rings. The third-order valence-electron chi connectivity index (χ3n) is 3.35. The van der Waals surface area contributed by atoms with E-state index >= 15 is 0 Å². The van der Waals surface area contributed by atoms with Gasteiger partial charge in [-0.1, -0.05) is 89.3 Å². The molecule has 0 saturated carbocycles. The quantitative estimate of drug-likeness (QED) is 0.309. The lowest BCUT2D eigenvalue weighted by atomic mass is 10.2. The summed E-state index contributed by atoms with van der Waals surface area (Å²) in [4.78, 5) is 12.0. The van der Waals surface area contributed by atoms with Crippen molar-refractivity contribution in [2.24, 2.45) is 0 Å². The predicted octanol–water partition coefficient (Wildman–Crippen LogP) is 5.65. The molecule has 0 spiro atoms. The van der Waals surface area contributed by atoms with Crippen LogP contribution in [0.4, 0.5) is 5.13 Å². The van der Waals surface area contributed by atoms with E-state index < -0.39 is 0 Å². The molecule has 0 unspecified atom stereocenters. The Kier molecular flexibility index (Phi) is 7.21. The van der Waals surface area contributed by atoms with Crippen molar-refractivity contribution in [1.29, 1.82) is 0 Å². The molecule has 1 heterocycles. The molecule has 0 aliphatic heterocycles. The molecule has 0 bridgehead atoms. The molecule has 3 rings (SSSR count). The summed E-state index contributed by atoms with van der Waals surface area (Å²) in [6.07, 6.45) is 7.32. The highest BCUT2D eigenvalue weighted by Gasteiger charge is 2.06. The smallest absolute Gasteiger partial charge is 0.250 e. The van der Waals surface area contributed by atoms with E-state index in [9.17, 15) is 4.79 Å². The highest BCUT2D eigenvalue weighted by Crippen LogP contribution is 2.25. The summed E-state index contributed by atoms with van der Waals surface area (Å²) < 4.78 is 0.810. The summed E-state index contributed by atoms with van der Waals surface area (Å²) in [5.74, 6) is 0.537. The molecule has 1 aromatic heterocycles. The first-order chi connectivity index (χ1) is 13.2. The highest BCUT2D eigenvalue weighted by molar-refractivity contribution is 8.01. The second kappa shape index (κ2) is 10.1. The zero-order valence-corrected chi connectivity index (χ0v) is 16.6. The topological polar surface area (TPSA) is 54.9 Å². The number of hydrogen-bond acceptors (Lipinski definition) is 5. The Labute approximate surface area is 171 Å². The standard InChI is InChI=1S/C20H16ClN3OS2/c21-17-11-8-16(9-12-17)10-13-18(25)22-19-23-24-20(27-19)26-14-4-7-15-5-2-1-3-6-15/h1-13H,14H2,(H,22,23,25)/b7-4+,13-10+. The summed E-state index contributed by atoms with van der Waals surface area (Å²) in [6.45, 7) is 0. The number of carbonyl (C=O) groups is 1. The lowest BCUT2D eigenvalue weighted by Crippen LogP contribution is -2.07. The van der Waals surface area contributed by atoms with Crippen molar-refractivity contribution in [3.05, 3.63) is 82.9 Å². The molecule has 1 amide bonds. The first kappa shape index (κ1) is 19.4. The van der Waals surface area contributed by atoms with E-state index in [-0.39, 0.29) is 5.91 Å². The average Bonchev–Trinajstić information content (AvgIpc) is 3.13. The highest BCUT2D eigenvalue weighted by atomic mass is 35.5. The first-order valence-corrected chi connectivity index (χ1v) is 10.3. The van der Waals surface area contributed by atoms with Gasteiger partial charge in [0.15, 0.2) is 4.34 Å². The van der Waals surface area contributed by atoms with Gasteiger partial charge in [-0.25, -0.2) is 0 Å². The van der Waals surface area contributed by atoms with Gasteiger partial charge in [-0.3, -0.25) is 10.1 Å². The fourth-order valence-corrected chi connectivity index (χ4v) is 3.80. The van der Waals surface area contributed by atoms with Gasteiger partial charge in [-0.15, -0.1) is 10.2 Å². The van der Waals surface area contributed by atoms with Gasteiger partial charge in [0.2, 0.25) is 11.0 Å². The van der Waals surface area contributed by atoms with Crippen LogP contribution in [0.2, 0.25) is 5.02 Å². The van der Waals surface area contributed by atoms with Crippen LogP contribution in [0.1, 0.15) is 11.1 Å². The van der Waals surface area contributed by atoms with Gasteiger partial charge < -0.3 is 0 Å². The molecule has 4 nitrogen and oxygen atoms in total. The van der Waals surface area contributed by atoms with Gasteiger partial charge in [0.25, 0.3) is 0 Å². The van der Waals surface area contributed by atoms with Gasteiger partial charge in [0, 0.05) is 16.9 Å². The van der Waals surface area contributed by atoms with Crippen LogP contribution in [0.25, 0.3) is 12.2 Å². The number of anilines is 1. The zero-order valence-electron chi connectivity index (χ0n) is 14.2. The summed E-state index contributed by atoms with van der Waals surface area (Å²) in [6, 6.07) is 17.4. The predicted molar refractivity (Wildman–Crippen MR) is 115 cm³/mol. The van der Waals surface area contributed by atoms with Crippen LogP contribution in [0, 0.1) is 0 Å². The minimum Gasteiger partial charge on any atom is -0.297 e. The van der Waals surface area contributed by atoms with Crippen LogP contribution in [-0.4, -0.2) is 21.9 Å². The number of nitrogens with zero attached hydrogens (tertiary/aromatic N) is 2. The number of amides is 1. The number of aromatic nitrogens is 2. The molecule has 7 heteroatoms. The number of benzene rings is 2. The molecule has 0 aliphatic rings. The Morgan fingerprint density at radius 1 is 1.04 bits per heavy atom. The number of halogens is 1. The largest absolute Gasteiger partial charge is 0.297 e. The minimum absolute atomic E-state index is 0.248. The van der Waals surface area contributed by atoms with E-state index in [1.54, 1.807) is 30.0 Å². The Bertz CT molecular complexity index is 937. The number of carbonyl (C=O) groups excluding carboxylic acids is 1. The van der Waals surface area contributed by atoms with Gasteiger partial charge in [-0.05, 0) is 29.3 Å². The van der Waals surface area contributed by atoms with Crippen LogP contribution < -0.4 is 5.32 Å². The van der Waals surface area contributed by atoms with Crippen LogP contribution in [-0.2, 0) is 4.79 Å². The van der Waals surface area contributed by atoms with Crippen molar-refractivity contribution in [2.45, 2.75) is 4.34 Å². The third-order valence-corrected chi connectivity index (χ3v) is 5.52. The molecule has 0 aliphatic carbocycles. The molecule has 0 radical (unpaired) electrons. The molecular weight excluding hydrogens is 398 g/mol. The van der Waals surface area contributed by atoms with Gasteiger partial charge in [-0.2, -0.15) is 0 Å². The number of thioether (sulfide) groups is 1. The Balaban J connectivity index is 1.46. The summed E-state index contributed by atoms with van der Waals surface area (Å²) in [5.41, 5.74) is 2.06. The molecule has 0 saturated heterocycles. The van der Waals surface area contributed by atoms with E-state index in [2.05, 4.69) is 39.8 Å². The van der Waals surface area contributed by atoms with E-state index in [1.807, 2.05) is 30.3 Å². The van der Waals surface area contributed by atoms with Crippen LogP contribution in [0.15, 0.2) is 71.1 Å². The van der Waals surface area contributed by atoms with Crippen molar-refractivity contribution in [1.82, 2.24) is 10.2 Å². The summed E-state index contributed by atoms with van der Waals surface area (Å²) >= 11 is 8.77. The SMILES string of the molecule is O=C(/C=C/c1ccc(Cl)cc1)Nc1nnc(SC/C=C/c2ccccc2)s1. The lowest BCUT2D eigenvalue weighted by molar-refractivity contribution is -0.111. The lowest BCUT2D eigenvalue weighted by Gasteiger charge is -1.95. The maximum absolute atomic E-state index is 12.0. The van der Waals surface area contributed by atoms with Crippen molar-refractivity contribution >= 4 is 57.9 Å². The molecule has 0 atom stereocenters. The maximum Gasteiger partial charge on any atom is 0.250 e. The Morgan fingerprint density at radius 2 is 1.78 bits per heavy atom. The number of hydrogen-bond donors (Lipinski definition) is 1. The molecule has 136 valence electrons. The number of nitrogens with one attached hydrogen (secondary N) is 1. The van der Waals surface area contributed by atoms with Crippen molar-refractivity contribution in [2.75, 3.05) is 11.1 Å². The third kappa shape index (κ3) is 6.67. The molecule has 27 heavy (non-hydrogen) atoms. The first-order valence-electron chi connectivity index (χ1n) is 8.11. The Morgan fingerprint density at radius 3 is 2.56 bits per heavy atom. The van der Waals surface area contributed by atoms with Crippen LogP contribution in [0.5, 0.6) is 0 Å². The fourth-order valence-electron chi connectivity index (χ4n) is 2.08. The van der Waals surface area contributed by atoms with Crippen molar-refractivity contribution in [3.8, 4) is 0 Å². The molecule has 2 aromatic carbocycles. The summed E-state index contributed by atoms with van der Waals surface area (Å²) in [7, 11) is 0. The van der Waals surface area contributed by atoms with E-state index in [1.165, 1.54) is 17.4 Å². The summed E-state index contributed by atoms with van der Waals surface area (Å²) in [5, 5.41) is 12.0. The van der Waals surface area contributed by atoms with Crippen molar-refractivity contribution < 1.29 is 4.79 Å². The minimum atomic E-state index is -0.248. The van der Waals surface area contributed by atoms with E-state index in [0.29, 0.717) is 10.2 Å².